The summed E-state index contributed by atoms with van der Waals surface area (Å²) in [4.78, 5) is 76.2. The number of nitrogens with zero attached hydrogens (tertiary/aromatic N) is 2. The monoisotopic (exact) mass is 751 g/mol. The zero-order valence-corrected chi connectivity index (χ0v) is 33.4. The summed E-state index contributed by atoms with van der Waals surface area (Å²) in [5.41, 5.74) is 0.192. The number of esters is 2. The number of nitro groups is 1. The summed E-state index contributed by atoms with van der Waals surface area (Å²) >= 11 is 0.956. The smallest absolute Gasteiger partial charge is 0.407 e. The van der Waals surface area contributed by atoms with Gasteiger partial charge in [0.2, 0.25) is 12.7 Å². The average molecular weight is 752 g/mol. The van der Waals surface area contributed by atoms with Gasteiger partial charge in [-0.15, -0.1) is 0 Å². The van der Waals surface area contributed by atoms with Crippen molar-refractivity contribution in [2.45, 2.75) is 118 Å². The Bertz CT molecular complexity index is 1480. The van der Waals surface area contributed by atoms with Gasteiger partial charge in [-0.1, -0.05) is 32.5 Å². The van der Waals surface area contributed by atoms with Crippen molar-refractivity contribution in [3.8, 4) is 0 Å². The summed E-state index contributed by atoms with van der Waals surface area (Å²) in [7, 11) is -2.31. The molecule has 14 nitrogen and oxygen atoms in total. The number of hydrogen-bond acceptors (Lipinski definition) is 12. The number of nitro benzene ring substituents is 1. The van der Waals surface area contributed by atoms with Crippen LogP contribution in [0.1, 0.15) is 87.1 Å². The molecule has 1 aliphatic rings. The first-order valence-corrected chi connectivity index (χ1v) is 20.6. The van der Waals surface area contributed by atoms with Crippen molar-refractivity contribution < 1.29 is 47.5 Å². The molecular weight excluding hydrogens is 699 g/mol. The Kier molecular flexibility index (Phi) is 15.4. The number of hydrogen-bond donors (Lipinski definition) is 1. The number of amides is 2. The lowest BCUT2D eigenvalue weighted by Gasteiger charge is -2.50. The Morgan fingerprint density at radius 2 is 1.61 bits per heavy atom. The van der Waals surface area contributed by atoms with Crippen molar-refractivity contribution >= 4 is 54.8 Å². The third-order valence-corrected chi connectivity index (χ3v) is 14.4. The van der Waals surface area contributed by atoms with Crippen LogP contribution in [0.15, 0.2) is 35.5 Å². The molecule has 0 unspecified atom stereocenters. The summed E-state index contributed by atoms with van der Waals surface area (Å²) in [5.74, 6) is -2.49. The normalized spacial score (nSPS) is 16.8. The molecule has 0 spiro atoms. The minimum Gasteiger partial charge on any atom is -0.445 e. The molecule has 2 rings (SSSR count). The largest absolute Gasteiger partial charge is 0.445 e. The second-order valence-corrected chi connectivity index (χ2v) is 21.1. The van der Waals surface area contributed by atoms with Crippen LogP contribution in [0.25, 0.3) is 0 Å². The minimum absolute atomic E-state index is 0.0238. The molecule has 284 valence electrons. The number of alkyl carbamates (subject to hydrolysis) is 1. The van der Waals surface area contributed by atoms with E-state index in [9.17, 15) is 34.1 Å². The highest BCUT2D eigenvalue weighted by atomic mass is 32.2. The quantitative estimate of drug-likeness (QED) is 0.0272. The molecule has 3 atom stereocenters. The van der Waals surface area contributed by atoms with Crippen molar-refractivity contribution in [2.24, 2.45) is 11.3 Å². The van der Waals surface area contributed by atoms with Gasteiger partial charge in [0.15, 0.2) is 13.4 Å². The molecule has 0 aliphatic carbocycles. The van der Waals surface area contributed by atoms with Gasteiger partial charge >= 0.3 is 18.0 Å². The Balaban J connectivity index is 2.05. The van der Waals surface area contributed by atoms with Crippen LogP contribution in [-0.4, -0.2) is 72.0 Å². The lowest BCUT2D eigenvalue weighted by Crippen LogP contribution is -2.65. The van der Waals surface area contributed by atoms with Crippen molar-refractivity contribution in [1.82, 2.24) is 10.2 Å². The van der Waals surface area contributed by atoms with Gasteiger partial charge in [0.1, 0.15) is 17.7 Å². The van der Waals surface area contributed by atoms with Crippen LogP contribution in [-0.2, 0) is 44.4 Å². The molecular formula is C35H53N3O11SSi. The van der Waals surface area contributed by atoms with Crippen LogP contribution in [0.3, 0.4) is 0 Å². The molecule has 16 heteroatoms. The van der Waals surface area contributed by atoms with Gasteiger partial charge in [0.25, 0.3) is 5.69 Å². The van der Waals surface area contributed by atoms with Crippen molar-refractivity contribution in [2.75, 3.05) is 13.3 Å². The van der Waals surface area contributed by atoms with E-state index in [1.54, 1.807) is 34.6 Å². The van der Waals surface area contributed by atoms with Crippen LogP contribution < -0.4 is 5.32 Å². The maximum absolute atomic E-state index is 13.8. The highest BCUT2D eigenvalue weighted by molar-refractivity contribution is 8.14. The van der Waals surface area contributed by atoms with E-state index in [0.717, 1.165) is 11.8 Å². The first-order valence-electron chi connectivity index (χ1n) is 16.8. The number of β-lactam (4-membered cyclic amide) rings is 1. The predicted molar refractivity (Wildman–Crippen MR) is 194 cm³/mol. The molecule has 0 radical (unpaired) electrons. The lowest BCUT2D eigenvalue weighted by molar-refractivity contribution is -0.384. The fourth-order valence-electron chi connectivity index (χ4n) is 4.65. The Labute approximate surface area is 305 Å². The number of likely N-dealkylation sites (tertiary alicyclic amines) is 1. The van der Waals surface area contributed by atoms with Crippen molar-refractivity contribution in [3.63, 3.8) is 0 Å². The molecule has 1 aromatic carbocycles. The summed E-state index contributed by atoms with van der Waals surface area (Å²) in [6.45, 7) is 20.1. The maximum Gasteiger partial charge on any atom is 0.407 e. The molecule has 1 aliphatic heterocycles. The fraction of sp³-hybridized carbons (Fsp3) is 0.629. The molecule has 1 heterocycles. The molecule has 0 saturated carbocycles. The number of nitrogens with one attached hydrogen (secondary N) is 1. The minimum atomic E-state index is -2.31. The topological polar surface area (TPSA) is 181 Å². The van der Waals surface area contributed by atoms with Crippen molar-refractivity contribution in [3.05, 3.63) is 51.2 Å². The Morgan fingerprint density at radius 1 is 1.00 bits per heavy atom. The van der Waals surface area contributed by atoms with Crippen LogP contribution >= 0.6 is 11.8 Å². The molecule has 1 aromatic rings. The number of carbonyl (C=O) groups excluding carboxylic acids is 5. The van der Waals surface area contributed by atoms with E-state index in [-0.39, 0.29) is 47.0 Å². The molecule has 0 aromatic heterocycles. The zero-order chi connectivity index (χ0) is 38.9. The second kappa shape index (κ2) is 18.1. The van der Waals surface area contributed by atoms with E-state index in [4.69, 9.17) is 18.6 Å². The second-order valence-electron chi connectivity index (χ2n) is 15.2. The number of non-ortho nitro benzene ring substituents is 1. The summed E-state index contributed by atoms with van der Waals surface area (Å²) < 4.78 is 22.1. The van der Waals surface area contributed by atoms with E-state index in [1.807, 2.05) is 6.92 Å². The summed E-state index contributed by atoms with van der Waals surface area (Å²) in [6.07, 6.45) is -0.148. The predicted octanol–water partition coefficient (Wildman–Crippen LogP) is 6.83. The number of carbonyl (C=O) groups is 5. The number of unbranched alkanes of at least 4 members (excludes halogenated alkanes) is 1. The molecule has 2 amide bonds. The van der Waals surface area contributed by atoms with Gasteiger partial charge < -0.3 is 24.0 Å². The fourth-order valence-corrected chi connectivity index (χ4v) is 7.41. The number of ether oxygens (including phenoxy) is 3. The SMILES string of the molecule is CC(C)=C(C(=O)OCOC(=O)C(C)(C)C)N1C(=O)[C@@H]([C@@H](C)O[Si](C)(C)C(C)(C)C)[C@H]1SC(=O)CCCCNC(=O)OCc1ccc([N+](=O)[O-])cc1. The molecule has 1 saturated heterocycles. The molecule has 51 heavy (non-hydrogen) atoms. The van der Waals surface area contributed by atoms with Gasteiger partial charge in [0.05, 0.1) is 22.4 Å². The third-order valence-electron chi connectivity index (χ3n) is 8.62. The first-order chi connectivity index (χ1) is 23.5. The van der Waals surface area contributed by atoms with E-state index in [1.165, 1.54) is 29.2 Å². The molecule has 1 fully saturated rings. The van der Waals surface area contributed by atoms with Gasteiger partial charge in [-0.3, -0.25) is 29.4 Å². The maximum atomic E-state index is 13.8. The van der Waals surface area contributed by atoms with Crippen molar-refractivity contribution in [1.29, 1.82) is 0 Å². The van der Waals surface area contributed by atoms with Crippen LogP contribution in [0.5, 0.6) is 0 Å². The van der Waals surface area contributed by atoms with Gasteiger partial charge in [-0.25, -0.2) is 9.59 Å². The van der Waals surface area contributed by atoms with E-state index in [0.29, 0.717) is 24.0 Å². The van der Waals surface area contributed by atoms with E-state index < -0.39 is 60.9 Å². The van der Waals surface area contributed by atoms with Gasteiger partial charge in [-0.05, 0) is 95.8 Å². The zero-order valence-electron chi connectivity index (χ0n) is 31.6. The number of allylic oxidation sites excluding steroid dienone is 1. The summed E-state index contributed by atoms with van der Waals surface area (Å²) in [5, 5.41) is 12.3. The number of rotatable bonds is 16. The van der Waals surface area contributed by atoms with Crippen LogP contribution in [0, 0.1) is 21.4 Å². The average Bonchev–Trinajstić information content (AvgIpc) is 3.00. The third kappa shape index (κ3) is 12.5. The first kappa shape index (κ1) is 43.4. The summed E-state index contributed by atoms with van der Waals surface area (Å²) in [6, 6.07) is 5.66. The van der Waals surface area contributed by atoms with Gasteiger partial charge in [-0.2, -0.15) is 0 Å². The Hall–Kier alpha value is -3.76. The van der Waals surface area contributed by atoms with Crippen LogP contribution in [0.4, 0.5) is 10.5 Å². The highest BCUT2D eigenvalue weighted by Gasteiger charge is 2.56. The van der Waals surface area contributed by atoms with E-state index >= 15 is 0 Å². The number of thioether (sulfide) groups is 1. The highest BCUT2D eigenvalue weighted by Crippen LogP contribution is 2.45. The van der Waals surface area contributed by atoms with Gasteiger partial charge in [0, 0.05) is 25.1 Å². The van der Waals surface area contributed by atoms with E-state index in [2.05, 4.69) is 39.2 Å². The lowest BCUT2D eigenvalue weighted by atomic mass is 9.91. The molecule has 0 bridgehead atoms. The number of benzene rings is 1. The molecule has 1 N–H and O–H groups in total. The standard InChI is InChI=1S/C35H53N3O11SSi/c1-22(2)28(31(41)47-21-48-32(42)34(4,5)6)37-29(40)27(23(3)49-51(10,11)35(7,8)9)30(37)50-26(39)14-12-13-19-36-33(43)46-20-24-15-17-25(18-16-24)38(44)45/h15-18,23,27,30H,12-14,19-21H2,1-11H3,(H,36,43)/t23-,27-,30-/m1/s1. The van der Waals surface area contributed by atoms with Crippen LogP contribution in [0.2, 0.25) is 18.1 Å². The Morgan fingerprint density at radius 3 is 2.14 bits per heavy atom.